The number of carbonyl (C=O) groups excluding carboxylic acids is 2. The van der Waals surface area contributed by atoms with Gasteiger partial charge in [0, 0.05) is 18.2 Å². The van der Waals surface area contributed by atoms with E-state index in [4.69, 9.17) is 18.9 Å². The Labute approximate surface area is 222 Å². The summed E-state index contributed by atoms with van der Waals surface area (Å²) in [7, 11) is 3.12. The second-order valence-electron chi connectivity index (χ2n) is 9.18. The topological polar surface area (TPSA) is 86.3 Å². The number of nitrogens with zero attached hydrogens (tertiary/aromatic N) is 1. The molecule has 0 aromatic heterocycles. The van der Waals surface area contributed by atoms with Crippen molar-refractivity contribution in [1.82, 2.24) is 4.90 Å². The average Bonchev–Trinajstić information content (AvgIpc) is 2.93. The summed E-state index contributed by atoms with van der Waals surface area (Å²) >= 11 is 0. The van der Waals surface area contributed by atoms with Crippen LogP contribution in [-0.2, 0) is 11.2 Å². The normalized spacial score (nSPS) is 17.6. The highest BCUT2D eigenvalue weighted by Crippen LogP contribution is 2.49. The van der Waals surface area contributed by atoms with Gasteiger partial charge in [0.25, 0.3) is 5.91 Å². The lowest BCUT2D eigenvalue weighted by Gasteiger charge is -2.45. The third-order valence-electron chi connectivity index (χ3n) is 7.13. The molecule has 0 aliphatic carbocycles. The van der Waals surface area contributed by atoms with E-state index in [1.54, 1.807) is 38.5 Å². The SMILES string of the molecule is CCOc1cc2c(cc1OCC)C1C(C(=O)Nc3cc(OC)ccc3OC)c3ccccc3C(=O)N1CC2. The molecule has 0 fully saturated rings. The lowest BCUT2D eigenvalue weighted by molar-refractivity contribution is -0.119. The summed E-state index contributed by atoms with van der Waals surface area (Å²) in [6.07, 6.45) is 0.657. The largest absolute Gasteiger partial charge is 0.497 e. The van der Waals surface area contributed by atoms with Crippen LogP contribution in [0.1, 0.15) is 52.9 Å². The van der Waals surface area contributed by atoms with E-state index in [1.807, 2.05) is 49.1 Å². The molecule has 0 saturated heterocycles. The Hall–Kier alpha value is -4.20. The number of anilines is 1. The molecule has 8 heteroatoms. The van der Waals surface area contributed by atoms with Crippen molar-refractivity contribution in [2.24, 2.45) is 0 Å². The molecule has 1 N–H and O–H groups in total. The standard InChI is InChI=1S/C30H32N2O6/c1-5-37-25-15-18-13-14-32-28(22(18)17-26(25)38-6-2)27(20-9-7-8-10-21(20)30(32)34)29(33)31-23-16-19(35-3)11-12-24(23)36-4/h7-12,15-17,27-28H,5-6,13-14H2,1-4H3,(H,31,33). The molecule has 3 aromatic rings. The fourth-order valence-corrected chi connectivity index (χ4v) is 5.48. The van der Waals surface area contributed by atoms with E-state index in [-0.39, 0.29) is 11.8 Å². The zero-order valence-electron chi connectivity index (χ0n) is 22.1. The summed E-state index contributed by atoms with van der Waals surface area (Å²) in [6.45, 7) is 5.32. The average molecular weight is 517 g/mol. The summed E-state index contributed by atoms with van der Waals surface area (Å²) in [5.74, 6) is 1.40. The summed E-state index contributed by atoms with van der Waals surface area (Å²) < 4.78 is 22.6. The third-order valence-corrected chi connectivity index (χ3v) is 7.13. The molecule has 2 heterocycles. The number of amides is 2. The molecule has 2 amide bonds. The zero-order chi connectivity index (χ0) is 26.8. The van der Waals surface area contributed by atoms with Gasteiger partial charge in [0.05, 0.1) is 45.1 Å². The van der Waals surface area contributed by atoms with Crippen LogP contribution in [0.4, 0.5) is 5.69 Å². The monoisotopic (exact) mass is 516 g/mol. The van der Waals surface area contributed by atoms with Crippen LogP contribution >= 0.6 is 0 Å². The number of rotatable bonds is 8. The van der Waals surface area contributed by atoms with Gasteiger partial charge in [0.15, 0.2) is 11.5 Å². The second-order valence-corrected chi connectivity index (χ2v) is 9.18. The van der Waals surface area contributed by atoms with Crippen molar-refractivity contribution in [2.45, 2.75) is 32.2 Å². The van der Waals surface area contributed by atoms with E-state index in [0.29, 0.717) is 66.0 Å². The Kier molecular flexibility index (Phi) is 7.13. The number of hydrogen-bond donors (Lipinski definition) is 1. The Morgan fingerprint density at radius 3 is 2.37 bits per heavy atom. The van der Waals surface area contributed by atoms with E-state index in [0.717, 1.165) is 11.1 Å². The van der Waals surface area contributed by atoms with Gasteiger partial charge in [-0.25, -0.2) is 0 Å². The maximum Gasteiger partial charge on any atom is 0.254 e. The van der Waals surface area contributed by atoms with Crippen molar-refractivity contribution in [3.8, 4) is 23.0 Å². The van der Waals surface area contributed by atoms with Gasteiger partial charge in [0.1, 0.15) is 11.5 Å². The molecule has 2 aliphatic heterocycles. The first kappa shape index (κ1) is 25.4. The first-order valence-corrected chi connectivity index (χ1v) is 12.9. The van der Waals surface area contributed by atoms with Crippen molar-refractivity contribution in [3.63, 3.8) is 0 Å². The Balaban J connectivity index is 1.64. The van der Waals surface area contributed by atoms with Crippen molar-refractivity contribution >= 4 is 17.5 Å². The molecular formula is C30H32N2O6. The summed E-state index contributed by atoms with van der Waals surface area (Å²) in [4.78, 5) is 29.6. The van der Waals surface area contributed by atoms with Crippen LogP contribution in [0.5, 0.6) is 23.0 Å². The molecule has 5 rings (SSSR count). The maximum atomic E-state index is 14.1. The summed E-state index contributed by atoms with van der Waals surface area (Å²) in [5.41, 5.74) is 3.67. The minimum Gasteiger partial charge on any atom is -0.497 e. The van der Waals surface area contributed by atoms with Gasteiger partial charge in [-0.15, -0.1) is 0 Å². The van der Waals surface area contributed by atoms with Gasteiger partial charge in [-0.1, -0.05) is 18.2 Å². The molecule has 3 aromatic carbocycles. The number of benzene rings is 3. The van der Waals surface area contributed by atoms with Crippen LogP contribution in [0.25, 0.3) is 0 Å². The van der Waals surface area contributed by atoms with Crippen LogP contribution in [0.3, 0.4) is 0 Å². The molecule has 0 bridgehead atoms. The fraction of sp³-hybridized carbons (Fsp3) is 0.333. The van der Waals surface area contributed by atoms with E-state index >= 15 is 0 Å². The molecule has 0 radical (unpaired) electrons. The smallest absolute Gasteiger partial charge is 0.254 e. The Bertz CT molecular complexity index is 1370. The van der Waals surface area contributed by atoms with E-state index < -0.39 is 12.0 Å². The van der Waals surface area contributed by atoms with Gasteiger partial charge in [-0.2, -0.15) is 0 Å². The number of carbonyl (C=O) groups is 2. The van der Waals surface area contributed by atoms with E-state index in [1.165, 1.54) is 0 Å². The molecule has 2 unspecified atom stereocenters. The molecule has 8 nitrogen and oxygen atoms in total. The highest BCUT2D eigenvalue weighted by atomic mass is 16.5. The van der Waals surface area contributed by atoms with Gasteiger partial charge >= 0.3 is 0 Å². The van der Waals surface area contributed by atoms with Crippen LogP contribution in [0.2, 0.25) is 0 Å². The Morgan fingerprint density at radius 1 is 0.921 bits per heavy atom. The quantitative estimate of drug-likeness (QED) is 0.455. The Morgan fingerprint density at radius 2 is 1.66 bits per heavy atom. The molecule has 0 spiro atoms. The minimum absolute atomic E-state index is 0.0777. The zero-order valence-corrected chi connectivity index (χ0v) is 22.1. The summed E-state index contributed by atoms with van der Waals surface area (Å²) in [6, 6.07) is 16.0. The predicted molar refractivity (Wildman–Crippen MR) is 144 cm³/mol. The first-order chi connectivity index (χ1) is 18.5. The highest BCUT2D eigenvalue weighted by molar-refractivity contribution is 6.05. The van der Waals surface area contributed by atoms with Gasteiger partial charge in [-0.3, -0.25) is 9.59 Å². The predicted octanol–water partition coefficient (Wildman–Crippen LogP) is 4.98. The van der Waals surface area contributed by atoms with Crippen LogP contribution in [-0.4, -0.2) is 50.7 Å². The third kappa shape index (κ3) is 4.40. The van der Waals surface area contributed by atoms with Crippen molar-refractivity contribution in [3.05, 3.63) is 76.9 Å². The molecule has 198 valence electrons. The van der Waals surface area contributed by atoms with E-state index in [2.05, 4.69) is 5.32 Å². The highest BCUT2D eigenvalue weighted by Gasteiger charge is 2.46. The minimum atomic E-state index is -0.661. The van der Waals surface area contributed by atoms with Crippen molar-refractivity contribution < 1.29 is 28.5 Å². The van der Waals surface area contributed by atoms with Gasteiger partial charge < -0.3 is 29.2 Å². The van der Waals surface area contributed by atoms with Crippen LogP contribution in [0.15, 0.2) is 54.6 Å². The second kappa shape index (κ2) is 10.7. The molecule has 2 atom stereocenters. The fourth-order valence-electron chi connectivity index (χ4n) is 5.48. The van der Waals surface area contributed by atoms with Crippen molar-refractivity contribution in [2.75, 3.05) is 39.3 Å². The number of hydrogen-bond acceptors (Lipinski definition) is 6. The molecule has 38 heavy (non-hydrogen) atoms. The van der Waals surface area contributed by atoms with Crippen LogP contribution < -0.4 is 24.3 Å². The summed E-state index contributed by atoms with van der Waals surface area (Å²) in [5, 5.41) is 3.06. The van der Waals surface area contributed by atoms with Crippen molar-refractivity contribution in [1.29, 1.82) is 0 Å². The van der Waals surface area contributed by atoms with E-state index in [9.17, 15) is 9.59 Å². The van der Waals surface area contributed by atoms with Gasteiger partial charge in [0.2, 0.25) is 5.91 Å². The first-order valence-electron chi connectivity index (χ1n) is 12.9. The number of ether oxygens (including phenoxy) is 4. The number of methoxy groups -OCH3 is 2. The molecule has 2 aliphatic rings. The number of fused-ring (bicyclic) bond motifs is 4. The maximum absolute atomic E-state index is 14.1. The molecular weight excluding hydrogens is 484 g/mol. The van der Waals surface area contributed by atoms with Crippen LogP contribution in [0, 0.1) is 0 Å². The number of nitrogens with one attached hydrogen (secondary N) is 1. The van der Waals surface area contributed by atoms with Gasteiger partial charge in [-0.05, 0) is 67.3 Å². The lowest BCUT2D eigenvalue weighted by atomic mass is 9.75. The molecule has 0 saturated carbocycles. The lowest BCUT2D eigenvalue weighted by Crippen LogP contribution is -2.49.